The highest BCUT2D eigenvalue weighted by Crippen LogP contribution is 2.42. The average Bonchev–Trinajstić information content (AvgIpc) is 3.36. The minimum atomic E-state index is -1.34. The van der Waals surface area contributed by atoms with Gasteiger partial charge in [0.15, 0.2) is 0 Å². The average molecular weight is 629 g/mol. The van der Waals surface area contributed by atoms with Gasteiger partial charge < -0.3 is 29.9 Å². The first-order valence-corrected chi connectivity index (χ1v) is 19.0. The Morgan fingerprint density at radius 1 is 1.05 bits per heavy atom. The van der Waals surface area contributed by atoms with E-state index in [1.165, 1.54) is 22.7 Å². The smallest absolute Gasteiger partial charge is 0.338 e. The highest BCUT2D eigenvalue weighted by Gasteiger charge is 2.44. The molecule has 0 aromatic heterocycles. The Bertz CT molecular complexity index is 1310. The van der Waals surface area contributed by atoms with Gasteiger partial charge in [0.2, 0.25) is 5.91 Å². The number of thioether (sulfide) groups is 1. The second-order valence-electron chi connectivity index (χ2n) is 12.9. The van der Waals surface area contributed by atoms with Crippen LogP contribution in [-0.4, -0.2) is 81.5 Å². The van der Waals surface area contributed by atoms with Gasteiger partial charge in [0.1, 0.15) is 17.0 Å². The monoisotopic (exact) mass is 628 g/mol. The molecule has 3 amide bonds. The molecule has 2 N–H and O–H groups in total. The van der Waals surface area contributed by atoms with Gasteiger partial charge in [-0.05, 0) is 62.7 Å². The molecule has 0 spiro atoms. The number of hydrogen-bond acceptors (Lipinski definition) is 8. The van der Waals surface area contributed by atoms with E-state index in [2.05, 4.69) is 30.3 Å². The number of esters is 2. The third-order valence-corrected chi connectivity index (χ3v) is 9.53. The van der Waals surface area contributed by atoms with Crippen molar-refractivity contribution in [2.45, 2.75) is 63.5 Å². The van der Waals surface area contributed by atoms with Crippen molar-refractivity contribution in [3.8, 4) is 0 Å². The van der Waals surface area contributed by atoms with Crippen LogP contribution in [0, 0.1) is 0 Å². The largest absolute Gasteiger partial charge is 0.462 e. The summed E-state index contributed by atoms with van der Waals surface area (Å²) in [5.74, 6) is -0.994. The maximum absolute atomic E-state index is 13.6. The summed E-state index contributed by atoms with van der Waals surface area (Å²) >= 11 is 1.48. The van der Waals surface area contributed by atoms with Crippen LogP contribution in [0.5, 0.6) is 0 Å². The second-order valence-corrected chi connectivity index (χ2v) is 19.6. The van der Waals surface area contributed by atoms with E-state index < -0.39 is 49.0 Å². The Morgan fingerprint density at radius 2 is 1.72 bits per heavy atom. The van der Waals surface area contributed by atoms with Gasteiger partial charge in [-0.2, -0.15) is 0 Å². The molecule has 0 unspecified atom stereocenters. The van der Waals surface area contributed by atoms with Crippen molar-refractivity contribution in [1.82, 2.24) is 10.2 Å². The molecule has 1 saturated heterocycles. The van der Waals surface area contributed by atoms with Crippen LogP contribution in [-0.2, 0) is 19.1 Å². The molecule has 3 rings (SSSR count). The second kappa shape index (κ2) is 14.3. The molecule has 0 radical (unpaired) electrons. The van der Waals surface area contributed by atoms with Gasteiger partial charge in [-0.25, -0.2) is 14.4 Å². The number of amides is 3. The van der Waals surface area contributed by atoms with Crippen molar-refractivity contribution in [2.24, 2.45) is 0 Å². The summed E-state index contributed by atoms with van der Waals surface area (Å²) in [4.78, 5) is 55.4. The molecule has 1 aliphatic rings. The van der Waals surface area contributed by atoms with Gasteiger partial charge in [-0.3, -0.25) is 4.79 Å². The van der Waals surface area contributed by atoms with Crippen molar-refractivity contribution in [2.75, 3.05) is 43.2 Å². The predicted molar refractivity (Wildman–Crippen MR) is 174 cm³/mol. The Balaban J connectivity index is 1.67. The minimum absolute atomic E-state index is 0.321. The molecular weight excluding hydrogens is 585 g/mol. The van der Waals surface area contributed by atoms with Gasteiger partial charge in [-0.1, -0.05) is 37.8 Å². The number of nitrogens with zero attached hydrogens (tertiary/aromatic N) is 2. The molecule has 1 heterocycles. The first-order chi connectivity index (χ1) is 20.0. The zero-order valence-electron chi connectivity index (χ0n) is 26.4. The summed E-state index contributed by atoms with van der Waals surface area (Å²) in [6.07, 6.45) is 0. The van der Waals surface area contributed by atoms with Gasteiger partial charge in [0.05, 0.1) is 18.7 Å². The fourth-order valence-electron chi connectivity index (χ4n) is 4.24. The fourth-order valence-corrected chi connectivity index (χ4v) is 6.39. The molecule has 10 nitrogen and oxygen atoms in total. The number of carbonyl (C=O) groups is 4. The van der Waals surface area contributed by atoms with Crippen molar-refractivity contribution in [3.63, 3.8) is 0 Å². The van der Waals surface area contributed by atoms with Gasteiger partial charge in [0, 0.05) is 39.3 Å². The van der Waals surface area contributed by atoms with Crippen molar-refractivity contribution in [1.29, 1.82) is 0 Å². The molecule has 234 valence electrons. The lowest BCUT2D eigenvalue weighted by Crippen LogP contribution is -2.49. The number of benzene rings is 2. The number of anilines is 2. The first kappa shape index (κ1) is 34.0. The van der Waals surface area contributed by atoms with E-state index in [1.54, 1.807) is 39.0 Å². The van der Waals surface area contributed by atoms with Crippen molar-refractivity contribution < 1.29 is 28.7 Å². The summed E-state index contributed by atoms with van der Waals surface area (Å²) in [6.45, 7) is 12.0. The number of urea groups is 1. The number of carbonyl (C=O) groups excluding carboxylic acids is 4. The Kier molecular flexibility index (Phi) is 11.3. The summed E-state index contributed by atoms with van der Waals surface area (Å²) in [5.41, 5.74) is 1.87. The SMILES string of the molecule is CN(C)c1ccc([C@H]2SC[C@@H](C(=O)OC(C)(C)C)N2C(=O)CNC(=O)Nc2cccc(C(=O)OCC[Si](C)(C)C)c2)cc1. The molecule has 2 aromatic carbocycles. The van der Waals surface area contributed by atoms with Crippen LogP contribution >= 0.6 is 11.8 Å². The molecule has 0 bridgehead atoms. The van der Waals surface area contributed by atoms with Crippen LogP contribution in [0.4, 0.5) is 16.2 Å². The maximum atomic E-state index is 13.6. The molecule has 1 aliphatic heterocycles. The molecule has 0 saturated carbocycles. The van der Waals surface area contributed by atoms with E-state index in [0.29, 0.717) is 23.6 Å². The lowest BCUT2D eigenvalue weighted by atomic mass is 10.1. The third kappa shape index (κ3) is 10.3. The highest BCUT2D eigenvalue weighted by atomic mass is 32.2. The van der Waals surface area contributed by atoms with E-state index in [-0.39, 0.29) is 6.54 Å². The van der Waals surface area contributed by atoms with E-state index in [4.69, 9.17) is 9.47 Å². The zero-order chi connectivity index (χ0) is 31.9. The first-order valence-electron chi connectivity index (χ1n) is 14.3. The fraction of sp³-hybridized carbons (Fsp3) is 0.484. The lowest BCUT2D eigenvalue weighted by molar-refractivity contribution is -0.163. The summed E-state index contributed by atoms with van der Waals surface area (Å²) < 4.78 is 11.0. The zero-order valence-corrected chi connectivity index (χ0v) is 28.2. The van der Waals surface area contributed by atoms with Crippen LogP contribution in [0.1, 0.15) is 42.1 Å². The molecule has 43 heavy (non-hydrogen) atoms. The molecular formula is C31H44N4O6SSi. The van der Waals surface area contributed by atoms with Gasteiger partial charge in [-0.15, -0.1) is 11.8 Å². The summed E-state index contributed by atoms with van der Waals surface area (Å²) in [5, 5.41) is 4.83. The Hall–Kier alpha value is -3.51. The van der Waals surface area contributed by atoms with E-state index in [0.717, 1.165) is 17.3 Å². The topological polar surface area (TPSA) is 117 Å². The van der Waals surface area contributed by atoms with Crippen LogP contribution in [0.2, 0.25) is 25.7 Å². The quantitative estimate of drug-likeness (QED) is 0.267. The summed E-state index contributed by atoms with van der Waals surface area (Å²) in [6, 6.07) is 13.7. The van der Waals surface area contributed by atoms with E-state index >= 15 is 0 Å². The maximum Gasteiger partial charge on any atom is 0.338 e. The minimum Gasteiger partial charge on any atom is -0.462 e. The molecule has 2 aromatic rings. The molecule has 12 heteroatoms. The standard InChI is InChI=1S/C31H44N4O6SSi/c1-31(2,3)41-29(38)25-20-42-27(21-12-14-24(15-13-21)34(4)5)35(25)26(36)19-32-30(39)33-23-11-9-10-22(18-23)28(37)40-16-17-43(6,7)8/h9-15,18,25,27H,16-17,19-20H2,1-8H3,(H2,32,33,39)/t25-,27+/m0/s1. The number of nitrogens with one attached hydrogen (secondary N) is 2. The number of hydrogen-bond donors (Lipinski definition) is 2. The van der Waals surface area contributed by atoms with E-state index in [1.807, 2.05) is 43.3 Å². The molecule has 0 aliphatic carbocycles. The lowest BCUT2D eigenvalue weighted by Gasteiger charge is -2.31. The predicted octanol–water partition coefficient (Wildman–Crippen LogP) is 5.35. The van der Waals surface area contributed by atoms with E-state index in [9.17, 15) is 19.2 Å². The van der Waals surface area contributed by atoms with Crippen LogP contribution in [0.3, 0.4) is 0 Å². The van der Waals surface area contributed by atoms with Crippen LogP contribution < -0.4 is 15.5 Å². The molecule has 1 fully saturated rings. The summed E-state index contributed by atoms with van der Waals surface area (Å²) in [7, 11) is 2.55. The Labute approximate surface area is 259 Å². The highest BCUT2D eigenvalue weighted by molar-refractivity contribution is 7.99. The van der Waals surface area contributed by atoms with Gasteiger partial charge in [0.25, 0.3) is 0 Å². The van der Waals surface area contributed by atoms with Crippen molar-refractivity contribution in [3.05, 3.63) is 59.7 Å². The third-order valence-electron chi connectivity index (χ3n) is 6.50. The number of rotatable bonds is 10. The Morgan fingerprint density at radius 3 is 2.33 bits per heavy atom. The normalized spacial score (nSPS) is 16.8. The van der Waals surface area contributed by atoms with Crippen LogP contribution in [0.15, 0.2) is 48.5 Å². The van der Waals surface area contributed by atoms with Gasteiger partial charge >= 0.3 is 18.0 Å². The van der Waals surface area contributed by atoms with Crippen LogP contribution in [0.25, 0.3) is 0 Å². The number of ether oxygens (including phenoxy) is 2. The molecule has 2 atom stereocenters. The van der Waals surface area contributed by atoms with Crippen molar-refractivity contribution >= 4 is 55.1 Å².